The summed E-state index contributed by atoms with van der Waals surface area (Å²) in [4.78, 5) is 27.7. The number of rotatable bonds is 5. The summed E-state index contributed by atoms with van der Waals surface area (Å²) in [6.45, 7) is 3.75. The summed E-state index contributed by atoms with van der Waals surface area (Å²) in [6.07, 6.45) is 0. The molecule has 0 spiro atoms. The Bertz CT molecular complexity index is 978. The molecule has 2 aromatic carbocycles. The van der Waals surface area contributed by atoms with Gasteiger partial charge in [-0.15, -0.1) is 0 Å². The fourth-order valence-electron chi connectivity index (χ4n) is 2.55. The average Bonchev–Trinajstić information content (AvgIpc) is 3.08. The minimum atomic E-state index is -1.08. The van der Waals surface area contributed by atoms with Crippen LogP contribution in [0.25, 0.3) is 11.5 Å². The Morgan fingerprint density at radius 3 is 2.58 bits per heavy atom. The van der Waals surface area contributed by atoms with Gasteiger partial charge in [0.25, 0.3) is 11.8 Å². The number of benzene rings is 2. The Kier molecular flexibility index (Phi) is 4.79. The lowest BCUT2D eigenvalue weighted by Gasteiger charge is -2.05. The maximum absolute atomic E-state index is 12.3. The Morgan fingerprint density at radius 2 is 1.85 bits per heavy atom. The Morgan fingerprint density at radius 1 is 1.12 bits per heavy atom. The predicted molar refractivity (Wildman–Crippen MR) is 93.8 cm³/mol. The van der Waals surface area contributed by atoms with Crippen molar-refractivity contribution in [3.05, 3.63) is 70.5 Å². The highest BCUT2D eigenvalue weighted by atomic mass is 16.5. The summed E-state index contributed by atoms with van der Waals surface area (Å²) in [5.74, 6) is -0.763. The number of aryl methyl sites for hydroxylation is 2. The van der Waals surface area contributed by atoms with Crippen molar-refractivity contribution in [1.29, 1.82) is 0 Å². The van der Waals surface area contributed by atoms with Gasteiger partial charge in [0.15, 0.2) is 5.82 Å². The SMILES string of the molecule is Cc1cc(C(=O)O)cc(C(=O)NCc2noc(-c3ccccc3C)n2)c1. The van der Waals surface area contributed by atoms with E-state index in [-0.39, 0.29) is 17.7 Å². The van der Waals surface area contributed by atoms with Crippen molar-refractivity contribution in [2.24, 2.45) is 0 Å². The second-order valence-corrected chi connectivity index (χ2v) is 5.91. The maximum atomic E-state index is 12.3. The number of hydrogen-bond acceptors (Lipinski definition) is 5. The minimum Gasteiger partial charge on any atom is -0.478 e. The van der Waals surface area contributed by atoms with Crippen molar-refractivity contribution >= 4 is 11.9 Å². The van der Waals surface area contributed by atoms with Gasteiger partial charge in [0.1, 0.15) is 0 Å². The zero-order valence-electron chi connectivity index (χ0n) is 14.3. The average molecular weight is 351 g/mol. The lowest BCUT2D eigenvalue weighted by atomic mass is 10.1. The molecule has 0 atom stereocenters. The first kappa shape index (κ1) is 17.3. The molecule has 26 heavy (non-hydrogen) atoms. The summed E-state index contributed by atoms with van der Waals surface area (Å²) in [7, 11) is 0. The van der Waals surface area contributed by atoms with Gasteiger partial charge in [-0.25, -0.2) is 4.79 Å². The third kappa shape index (κ3) is 3.77. The highest BCUT2D eigenvalue weighted by molar-refractivity contribution is 5.97. The molecule has 7 nitrogen and oxygen atoms in total. The Labute approximate surface area is 149 Å². The van der Waals surface area contributed by atoms with Gasteiger partial charge in [-0.05, 0) is 49.2 Å². The van der Waals surface area contributed by atoms with E-state index in [0.29, 0.717) is 17.3 Å². The quantitative estimate of drug-likeness (QED) is 0.732. The van der Waals surface area contributed by atoms with E-state index in [1.807, 2.05) is 31.2 Å². The fraction of sp³-hybridized carbons (Fsp3) is 0.158. The summed E-state index contributed by atoms with van der Waals surface area (Å²) in [5.41, 5.74) is 2.87. The van der Waals surface area contributed by atoms with E-state index in [4.69, 9.17) is 9.63 Å². The summed E-state index contributed by atoms with van der Waals surface area (Å²) >= 11 is 0. The van der Waals surface area contributed by atoms with E-state index < -0.39 is 11.9 Å². The van der Waals surface area contributed by atoms with Gasteiger partial charge < -0.3 is 14.9 Å². The van der Waals surface area contributed by atoms with E-state index in [2.05, 4.69) is 15.5 Å². The highest BCUT2D eigenvalue weighted by Gasteiger charge is 2.14. The number of carboxylic acids is 1. The van der Waals surface area contributed by atoms with Crippen LogP contribution in [-0.2, 0) is 6.54 Å². The molecule has 1 amide bonds. The number of carbonyl (C=O) groups is 2. The first-order chi connectivity index (χ1) is 12.4. The van der Waals surface area contributed by atoms with Crippen LogP contribution in [0.15, 0.2) is 47.0 Å². The molecule has 132 valence electrons. The molecule has 0 unspecified atom stereocenters. The van der Waals surface area contributed by atoms with Crippen molar-refractivity contribution in [2.45, 2.75) is 20.4 Å². The van der Waals surface area contributed by atoms with Crippen LogP contribution in [0.1, 0.15) is 37.7 Å². The van der Waals surface area contributed by atoms with Crippen LogP contribution in [0.3, 0.4) is 0 Å². The number of hydrogen-bond donors (Lipinski definition) is 2. The Hall–Kier alpha value is -3.48. The van der Waals surface area contributed by atoms with E-state index in [9.17, 15) is 9.59 Å². The molecule has 1 heterocycles. The number of carboxylic acid groups (broad SMARTS) is 1. The summed E-state index contributed by atoms with van der Waals surface area (Å²) in [6, 6.07) is 12.1. The number of aromatic carboxylic acids is 1. The number of nitrogens with one attached hydrogen (secondary N) is 1. The van der Waals surface area contributed by atoms with Gasteiger partial charge in [0.2, 0.25) is 0 Å². The molecule has 0 bridgehead atoms. The van der Waals surface area contributed by atoms with Gasteiger partial charge in [0, 0.05) is 11.1 Å². The van der Waals surface area contributed by atoms with Crippen molar-refractivity contribution < 1.29 is 19.2 Å². The molecule has 0 aliphatic rings. The molecule has 3 rings (SSSR count). The molecule has 7 heteroatoms. The molecule has 0 saturated carbocycles. The van der Waals surface area contributed by atoms with E-state index in [0.717, 1.165) is 11.1 Å². The third-order valence-electron chi connectivity index (χ3n) is 3.84. The first-order valence-corrected chi connectivity index (χ1v) is 7.96. The smallest absolute Gasteiger partial charge is 0.335 e. The van der Waals surface area contributed by atoms with Crippen LogP contribution in [0, 0.1) is 13.8 Å². The molecular formula is C19H17N3O4. The topological polar surface area (TPSA) is 105 Å². The lowest BCUT2D eigenvalue weighted by molar-refractivity contribution is 0.0696. The van der Waals surface area contributed by atoms with E-state index in [1.165, 1.54) is 12.1 Å². The summed E-state index contributed by atoms with van der Waals surface area (Å²) < 4.78 is 5.25. The van der Waals surface area contributed by atoms with Gasteiger partial charge in [-0.1, -0.05) is 23.4 Å². The van der Waals surface area contributed by atoms with Crippen LogP contribution in [0.2, 0.25) is 0 Å². The van der Waals surface area contributed by atoms with E-state index >= 15 is 0 Å². The first-order valence-electron chi connectivity index (χ1n) is 7.96. The van der Waals surface area contributed by atoms with E-state index in [1.54, 1.807) is 13.0 Å². The second kappa shape index (κ2) is 7.18. The summed E-state index contributed by atoms with van der Waals surface area (Å²) in [5, 5.41) is 15.6. The zero-order chi connectivity index (χ0) is 18.7. The van der Waals surface area contributed by atoms with Crippen LogP contribution < -0.4 is 5.32 Å². The normalized spacial score (nSPS) is 10.5. The number of nitrogens with zero attached hydrogens (tertiary/aromatic N) is 2. The minimum absolute atomic E-state index is 0.0663. The fourth-order valence-corrected chi connectivity index (χ4v) is 2.55. The largest absolute Gasteiger partial charge is 0.478 e. The van der Waals surface area contributed by atoms with Crippen molar-refractivity contribution in [2.75, 3.05) is 0 Å². The lowest BCUT2D eigenvalue weighted by Crippen LogP contribution is -2.23. The van der Waals surface area contributed by atoms with Crippen molar-refractivity contribution in [3.63, 3.8) is 0 Å². The van der Waals surface area contributed by atoms with Gasteiger partial charge in [-0.3, -0.25) is 4.79 Å². The highest BCUT2D eigenvalue weighted by Crippen LogP contribution is 2.20. The zero-order valence-corrected chi connectivity index (χ0v) is 14.3. The van der Waals surface area contributed by atoms with Crippen molar-refractivity contribution in [1.82, 2.24) is 15.5 Å². The number of amides is 1. The van der Waals surface area contributed by atoms with Crippen LogP contribution in [0.4, 0.5) is 0 Å². The van der Waals surface area contributed by atoms with Gasteiger partial charge in [-0.2, -0.15) is 4.98 Å². The van der Waals surface area contributed by atoms with Crippen molar-refractivity contribution in [3.8, 4) is 11.5 Å². The number of carbonyl (C=O) groups excluding carboxylic acids is 1. The number of aromatic nitrogens is 2. The third-order valence-corrected chi connectivity index (χ3v) is 3.84. The standard InChI is InChI=1S/C19H17N3O4/c1-11-7-13(9-14(8-11)19(24)25)17(23)20-10-16-21-18(26-22-16)15-6-4-3-5-12(15)2/h3-9H,10H2,1-2H3,(H,20,23)(H,24,25). The van der Waals surface area contributed by atoms with Gasteiger partial charge in [0.05, 0.1) is 12.1 Å². The molecule has 0 aliphatic carbocycles. The molecule has 1 aromatic heterocycles. The molecular weight excluding hydrogens is 334 g/mol. The Balaban J connectivity index is 1.71. The maximum Gasteiger partial charge on any atom is 0.335 e. The van der Waals surface area contributed by atoms with Crippen LogP contribution in [0.5, 0.6) is 0 Å². The van der Waals surface area contributed by atoms with Crippen LogP contribution >= 0.6 is 0 Å². The van der Waals surface area contributed by atoms with Crippen LogP contribution in [-0.4, -0.2) is 27.1 Å². The molecule has 2 N–H and O–H groups in total. The van der Waals surface area contributed by atoms with Gasteiger partial charge >= 0.3 is 5.97 Å². The molecule has 0 saturated heterocycles. The second-order valence-electron chi connectivity index (χ2n) is 5.91. The monoisotopic (exact) mass is 351 g/mol. The molecule has 3 aromatic rings. The molecule has 0 radical (unpaired) electrons. The molecule has 0 fully saturated rings. The predicted octanol–water partition coefficient (Wildman–Crippen LogP) is 2.98. The molecule has 0 aliphatic heterocycles.